The van der Waals surface area contributed by atoms with Crippen LogP contribution in [0.25, 0.3) is 0 Å². The lowest BCUT2D eigenvalue weighted by molar-refractivity contribution is -0.148. The highest BCUT2D eigenvalue weighted by molar-refractivity contribution is 6.04. The standard InChI is InChI=1S/C7H8O4/c8-5-1-4(7(10)11)2-6(9)3-5/h4H,1-3H2,(H,10,11)/i1+1,2+1,3+1,4+1,5+1,6+1. The molecule has 1 aliphatic rings. The normalized spacial score (nSPS) is 20.4. The van der Waals surface area contributed by atoms with Gasteiger partial charge in [-0.1, -0.05) is 0 Å². The Kier molecular flexibility index (Phi) is 2.03. The van der Waals surface area contributed by atoms with Gasteiger partial charge in [-0.25, -0.2) is 0 Å². The number of carboxylic acids is 1. The number of carbonyl (C=O) groups is 3. The zero-order valence-electron chi connectivity index (χ0n) is 5.87. The molecule has 0 spiro atoms. The number of carbonyl (C=O) groups excluding carboxylic acids is 2. The van der Waals surface area contributed by atoms with Crippen molar-refractivity contribution in [2.75, 3.05) is 0 Å². The molecule has 1 N–H and O–H groups in total. The highest BCUT2D eigenvalue weighted by atomic mass is 16.4. The predicted octanol–water partition coefficient (Wildman–Crippen LogP) is 0.00930. The molecular formula is C7H8O4. The van der Waals surface area contributed by atoms with Crippen LogP contribution in [-0.2, 0) is 14.4 Å². The lowest BCUT2D eigenvalue weighted by Crippen LogP contribution is -2.27. The maximum Gasteiger partial charge on any atom is 0.307 e. The molecule has 0 unspecified atom stereocenters. The van der Waals surface area contributed by atoms with Crippen molar-refractivity contribution in [3.05, 3.63) is 0 Å². The van der Waals surface area contributed by atoms with Gasteiger partial charge in [0, 0.05) is 12.8 Å². The zero-order chi connectivity index (χ0) is 8.43. The van der Waals surface area contributed by atoms with Gasteiger partial charge in [-0.15, -0.1) is 0 Å². The summed E-state index contributed by atoms with van der Waals surface area (Å²) in [7, 11) is 0. The molecule has 0 aromatic carbocycles. The second-order valence-electron chi connectivity index (χ2n) is 2.70. The molecule has 0 aromatic heterocycles. The lowest BCUT2D eigenvalue weighted by atomic mass is 10.7. The molecule has 1 aliphatic carbocycles. The molecule has 0 heterocycles. The second-order valence-corrected chi connectivity index (χ2v) is 2.70. The third kappa shape index (κ3) is 1.86. The van der Waals surface area contributed by atoms with Gasteiger partial charge in [0.05, 0.1) is 12.3 Å². The molecule has 0 atom stereocenters. The van der Waals surface area contributed by atoms with Gasteiger partial charge in [0.15, 0.2) is 0 Å². The minimum Gasteiger partial charge on any atom is -0.481 e. The van der Waals surface area contributed by atoms with Gasteiger partial charge < -0.3 is 5.11 Å². The zero-order valence-corrected chi connectivity index (χ0v) is 5.87. The van der Waals surface area contributed by atoms with Crippen molar-refractivity contribution in [1.82, 2.24) is 0 Å². The first-order chi connectivity index (χ1) is 5.09. The van der Waals surface area contributed by atoms with Crippen molar-refractivity contribution in [2.24, 2.45) is 5.92 Å². The van der Waals surface area contributed by atoms with Crippen molar-refractivity contribution in [2.45, 2.75) is 19.3 Å². The Morgan fingerprint density at radius 2 is 1.73 bits per heavy atom. The van der Waals surface area contributed by atoms with Crippen LogP contribution < -0.4 is 0 Å². The van der Waals surface area contributed by atoms with Gasteiger partial charge in [0.25, 0.3) is 0 Å². The predicted molar refractivity (Wildman–Crippen MR) is 35.0 cm³/mol. The minimum absolute atomic E-state index is 0.0150. The largest absolute Gasteiger partial charge is 0.481 e. The van der Waals surface area contributed by atoms with Crippen LogP contribution in [0.15, 0.2) is 0 Å². The van der Waals surface area contributed by atoms with E-state index in [1.54, 1.807) is 0 Å². The summed E-state index contributed by atoms with van der Waals surface area (Å²) < 4.78 is 0. The summed E-state index contributed by atoms with van der Waals surface area (Å²) in [4.78, 5) is 31.7. The second kappa shape index (κ2) is 2.82. The summed E-state index contributed by atoms with van der Waals surface area (Å²) in [5, 5.41) is 8.47. The van der Waals surface area contributed by atoms with E-state index in [2.05, 4.69) is 0 Å². The maximum absolute atomic E-state index is 10.7. The molecule has 0 aromatic rings. The molecular weight excluding hydrogens is 154 g/mol. The molecule has 11 heavy (non-hydrogen) atoms. The molecule has 1 fully saturated rings. The van der Waals surface area contributed by atoms with E-state index in [1.807, 2.05) is 0 Å². The van der Waals surface area contributed by atoms with Gasteiger partial charge in [-0.2, -0.15) is 0 Å². The number of rotatable bonds is 1. The minimum atomic E-state index is -1.05. The van der Waals surface area contributed by atoms with Gasteiger partial charge >= 0.3 is 5.97 Å². The van der Waals surface area contributed by atoms with E-state index in [-0.39, 0.29) is 30.8 Å². The van der Waals surface area contributed by atoms with E-state index in [0.717, 1.165) is 0 Å². The molecule has 1 rings (SSSR count). The molecule has 0 bridgehead atoms. The monoisotopic (exact) mass is 162 g/mol. The van der Waals surface area contributed by atoms with Gasteiger partial charge in [0.1, 0.15) is 11.6 Å². The fourth-order valence-corrected chi connectivity index (χ4v) is 1.16. The first-order valence-corrected chi connectivity index (χ1v) is 3.36. The molecule has 0 amide bonds. The molecule has 0 radical (unpaired) electrons. The number of ketones is 2. The third-order valence-corrected chi connectivity index (χ3v) is 1.69. The van der Waals surface area contributed by atoms with Gasteiger partial charge in [-0.05, 0) is 0 Å². The smallest absolute Gasteiger partial charge is 0.307 e. The molecule has 4 nitrogen and oxygen atoms in total. The van der Waals surface area contributed by atoms with Crippen LogP contribution in [0.3, 0.4) is 0 Å². The van der Waals surface area contributed by atoms with E-state index in [9.17, 15) is 14.4 Å². The van der Waals surface area contributed by atoms with Crippen LogP contribution in [0.2, 0.25) is 0 Å². The summed E-state index contributed by atoms with van der Waals surface area (Å²) in [5.74, 6) is -2.34. The first-order valence-electron chi connectivity index (χ1n) is 3.36. The molecule has 1 saturated carbocycles. The van der Waals surface area contributed by atoms with Crippen LogP contribution in [0.5, 0.6) is 0 Å². The SMILES string of the molecule is O=C(O)[13CH]1[13CH2][13C](=O)[13CH2][13C](=O)[13CH2]1. The summed E-state index contributed by atoms with van der Waals surface area (Å²) in [6.45, 7) is 0. The van der Waals surface area contributed by atoms with Crippen LogP contribution >= 0.6 is 0 Å². The summed E-state index contributed by atoms with van der Waals surface area (Å²) in [6, 6.07) is 0. The lowest BCUT2D eigenvalue weighted by Gasteiger charge is -2.14. The summed E-state index contributed by atoms with van der Waals surface area (Å²) in [6.07, 6.45) is -0.0497. The van der Waals surface area contributed by atoms with Crippen LogP contribution in [0.4, 0.5) is 0 Å². The molecule has 4 heteroatoms. The van der Waals surface area contributed by atoms with Crippen molar-refractivity contribution >= 4 is 17.5 Å². The molecule has 60 valence electrons. The Morgan fingerprint density at radius 1 is 1.27 bits per heavy atom. The summed E-state index contributed by atoms with van der Waals surface area (Å²) >= 11 is 0. The fourth-order valence-electron chi connectivity index (χ4n) is 1.16. The van der Waals surface area contributed by atoms with Crippen LogP contribution in [-0.4, -0.2) is 22.6 Å². The average molecular weight is 162 g/mol. The van der Waals surface area contributed by atoms with Gasteiger partial charge in [-0.3, -0.25) is 14.4 Å². The van der Waals surface area contributed by atoms with Gasteiger partial charge in [0.2, 0.25) is 0 Å². The average Bonchev–Trinajstić information content (AvgIpc) is 1.85. The molecule has 0 saturated heterocycles. The Labute approximate surface area is 63.2 Å². The highest BCUT2D eigenvalue weighted by Gasteiger charge is 2.29. The van der Waals surface area contributed by atoms with Crippen LogP contribution in [0.1, 0.15) is 19.3 Å². The molecule has 0 aliphatic heterocycles. The number of hydrogen-bond donors (Lipinski definition) is 1. The topological polar surface area (TPSA) is 71.4 Å². The van der Waals surface area contributed by atoms with E-state index < -0.39 is 11.9 Å². The Hall–Kier alpha value is -1.19. The van der Waals surface area contributed by atoms with E-state index in [0.29, 0.717) is 0 Å². The van der Waals surface area contributed by atoms with E-state index >= 15 is 0 Å². The fraction of sp³-hybridized carbons (Fsp3) is 0.571. The van der Waals surface area contributed by atoms with Crippen molar-refractivity contribution in [1.29, 1.82) is 0 Å². The number of Topliss-reactive ketones (excluding diaryl/α,β-unsaturated/α-hetero) is 2. The van der Waals surface area contributed by atoms with Crippen molar-refractivity contribution < 1.29 is 19.5 Å². The Morgan fingerprint density at radius 3 is 2.09 bits per heavy atom. The Balaban J connectivity index is 2.63. The van der Waals surface area contributed by atoms with Crippen molar-refractivity contribution in [3.63, 3.8) is 0 Å². The number of hydrogen-bond acceptors (Lipinski definition) is 3. The van der Waals surface area contributed by atoms with Crippen molar-refractivity contribution in [3.8, 4) is 0 Å². The van der Waals surface area contributed by atoms with E-state index in [1.165, 1.54) is 0 Å². The van der Waals surface area contributed by atoms with E-state index in [4.69, 9.17) is 5.11 Å². The van der Waals surface area contributed by atoms with Crippen LogP contribution in [0, 0.1) is 5.92 Å². The highest BCUT2D eigenvalue weighted by Crippen LogP contribution is 2.18. The first kappa shape index (κ1) is 7.91. The third-order valence-electron chi connectivity index (χ3n) is 1.69. The quantitative estimate of drug-likeness (QED) is 0.435. The summed E-state index contributed by atoms with van der Waals surface area (Å²) in [5.41, 5.74) is 0. The maximum atomic E-state index is 10.7. The number of carboxylic acid groups (broad SMARTS) is 1. The number of aliphatic carboxylic acids is 1. The Bertz CT molecular complexity index is 202.